The van der Waals surface area contributed by atoms with Crippen molar-refractivity contribution in [3.8, 4) is 28.5 Å². The number of ether oxygens (including phenoxy) is 1. The Balaban J connectivity index is 1.56. The molecule has 1 amide bonds. The highest BCUT2D eigenvalue weighted by molar-refractivity contribution is 6.08. The van der Waals surface area contributed by atoms with E-state index in [1.807, 2.05) is 30.3 Å². The van der Waals surface area contributed by atoms with Gasteiger partial charge in [0.15, 0.2) is 0 Å². The third-order valence-electron chi connectivity index (χ3n) is 5.83. The molecule has 4 N–H and O–H groups in total. The predicted octanol–water partition coefficient (Wildman–Crippen LogP) is 5.93. The number of nitrogens with zero attached hydrogens (tertiary/aromatic N) is 2. The maximum atomic E-state index is 13.3. The van der Waals surface area contributed by atoms with Crippen molar-refractivity contribution in [2.24, 2.45) is 0 Å². The predicted molar refractivity (Wildman–Crippen MR) is 145 cm³/mol. The molecule has 4 aromatic rings. The summed E-state index contributed by atoms with van der Waals surface area (Å²) in [4.78, 5) is 34.0. The number of carbonyl (C=O) groups is 2. The highest BCUT2D eigenvalue weighted by Gasteiger charge is 2.18. The maximum absolute atomic E-state index is 13.3. The Morgan fingerprint density at radius 2 is 1.76 bits per heavy atom. The fourth-order valence-corrected chi connectivity index (χ4v) is 3.89. The lowest BCUT2D eigenvalue weighted by Crippen LogP contribution is -2.15. The van der Waals surface area contributed by atoms with Crippen molar-refractivity contribution in [1.82, 2.24) is 4.98 Å². The molecule has 1 heterocycles. The molecule has 0 unspecified atom stereocenters. The first-order valence-corrected chi connectivity index (χ1v) is 11.8. The van der Waals surface area contributed by atoms with E-state index in [0.717, 1.165) is 11.1 Å². The molecule has 0 aliphatic heterocycles. The van der Waals surface area contributed by atoms with Crippen molar-refractivity contribution in [1.29, 1.82) is 5.26 Å². The maximum Gasteiger partial charge on any atom is 0.533 e. The molecule has 0 saturated heterocycles. The van der Waals surface area contributed by atoms with E-state index in [2.05, 4.69) is 21.9 Å². The fourth-order valence-electron chi connectivity index (χ4n) is 3.89. The van der Waals surface area contributed by atoms with E-state index in [1.165, 1.54) is 0 Å². The number of aromatic nitrogens is 1. The summed E-state index contributed by atoms with van der Waals surface area (Å²) in [7, 11) is 0. The highest BCUT2D eigenvalue weighted by atomic mass is 16.8. The zero-order chi connectivity index (χ0) is 27.1. The second kappa shape index (κ2) is 11.6. The van der Waals surface area contributed by atoms with Gasteiger partial charge >= 0.3 is 6.16 Å². The summed E-state index contributed by atoms with van der Waals surface area (Å²) in [5.41, 5.74) is 14.4. The summed E-state index contributed by atoms with van der Waals surface area (Å²) in [6, 6.07) is 23.5. The lowest BCUT2D eigenvalue weighted by Gasteiger charge is -2.16. The van der Waals surface area contributed by atoms with E-state index in [4.69, 9.17) is 15.3 Å². The molecule has 1 aromatic heterocycles. The smallest absolute Gasteiger partial charge is 0.433 e. The summed E-state index contributed by atoms with van der Waals surface area (Å²) in [5, 5.41) is 12.3. The van der Waals surface area contributed by atoms with Crippen molar-refractivity contribution in [2.75, 3.05) is 23.1 Å². The molecule has 0 bridgehead atoms. The van der Waals surface area contributed by atoms with Crippen LogP contribution in [0.5, 0.6) is 0 Å². The first kappa shape index (κ1) is 25.7. The third-order valence-corrected chi connectivity index (χ3v) is 5.83. The van der Waals surface area contributed by atoms with Crippen molar-refractivity contribution in [3.63, 3.8) is 0 Å². The van der Waals surface area contributed by atoms with Crippen molar-refractivity contribution < 1.29 is 19.2 Å². The Labute approximate surface area is 219 Å². The highest BCUT2D eigenvalue weighted by Crippen LogP contribution is 2.33. The number of hydrogen-bond donors (Lipinski definition) is 3. The van der Waals surface area contributed by atoms with E-state index in [0.29, 0.717) is 45.0 Å². The van der Waals surface area contributed by atoms with Crippen LogP contribution < -0.4 is 16.5 Å². The van der Waals surface area contributed by atoms with Crippen LogP contribution in [-0.2, 0) is 9.57 Å². The van der Waals surface area contributed by atoms with Crippen LogP contribution in [0.1, 0.15) is 28.4 Å². The number of amides is 1. The van der Waals surface area contributed by atoms with Crippen molar-refractivity contribution in [3.05, 3.63) is 95.7 Å². The lowest BCUT2D eigenvalue weighted by atomic mass is 9.98. The Kier molecular flexibility index (Phi) is 7.84. The molecule has 0 aliphatic carbocycles. The van der Waals surface area contributed by atoms with Gasteiger partial charge in [-0.1, -0.05) is 36.4 Å². The molecule has 0 atom stereocenters. The van der Waals surface area contributed by atoms with Crippen LogP contribution in [0.15, 0.2) is 79.0 Å². The molecular weight excluding hydrogens is 482 g/mol. The van der Waals surface area contributed by atoms with Crippen LogP contribution in [0, 0.1) is 18.3 Å². The first-order valence-electron chi connectivity index (χ1n) is 11.8. The minimum Gasteiger partial charge on any atom is -0.433 e. The molecule has 9 heteroatoms. The van der Waals surface area contributed by atoms with Gasteiger partial charge in [0.25, 0.3) is 5.91 Å². The van der Waals surface area contributed by atoms with Gasteiger partial charge in [0.1, 0.15) is 0 Å². The van der Waals surface area contributed by atoms with E-state index in [9.17, 15) is 14.9 Å². The SMILES string of the molecule is CCOC(=O)ONc1ccc(-c2ncccc2C(=O)Nc2ccc(-c3ccccc3C#N)cc2)c(C)c1N. The van der Waals surface area contributed by atoms with Gasteiger partial charge in [-0.15, -0.1) is 0 Å². The van der Waals surface area contributed by atoms with Gasteiger partial charge in [0, 0.05) is 17.4 Å². The zero-order valence-corrected chi connectivity index (χ0v) is 20.8. The molecule has 0 saturated carbocycles. The van der Waals surface area contributed by atoms with Crippen LogP contribution in [-0.4, -0.2) is 23.7 Å². The standard InChI is InChI=1S/C29H25N5O4/c1-3-37-29(36)38-34-25-15-14-22(18(2)26(25)31)27-24(9-6-16-32-27)28(35)33-21-12-10-19(11-13-21)23-8-5-4-7-20(23)17-30/h4-16,34H,3,31H2,1-2H3,(H,33,35). The Hall–Kier alpha value is -5.36. The fraction of sp³-hybridized carbons (Fsp3) is 0.103. The number of anilines is 3. The molecule has 0 aliphatic rings. The molecule has 3 aromatic carbocycles. The number of hydrogen-bond acceptors (Lipinski definition) is 8. The Morgan fingerprint density at radius 1 is 1.00 bits per heavy atom. The lowest BCUT2D eigenvalue weighted by molar-refractivity contribution is 0.0762. The first-order chi connectivity index (χ1) is 18.4. The van der Waals surface area contributed by atoms with Gasteiger partial charge in [-0.05, 0) is 66.9 Å². The number of nitrogens with one attached hydrogen (secondary N) is 2. The van der Waals surface area contributed by atoms with Gasteiger partial charge in [0.05, 0.1) is 40.9 Å². The number of nitrogen functional groups attached to an aromatic ring is 1. The number of nitrogens with two attached hydrogens (primary N) is 1. The minimum atomic E-state index is -0.875. The summed E-state index contributed by atoms with van der Waals surface area (Å²) in [6.45, 7) is 3.63. The van der Waals surface area contributed by atoms with E-state index in [-0.39, 0.29) is 12.5 Å². The molecule has 0 spiro atoms. The molecule has 0 fully saturated rings. The quantitative estimate of drug-likeness (QED) is 0.159. The van der Waals surface area contributed by atoms with Crippen LogP contribution >= 0.6 is 0 Å². The molecule has 38 heavy (non-hydrogen) atoms. The number of benzene rings is 3. The Morgan fingerprint density at radius 3 is 2.50 bits per heavy atom. The largest absolute Gasteiger partial charge is 0.533 e. The van der Waals surface area contributed by atoms with E-state index >= 15 is 0 Å². The average molecular weight is 508 g/mol. The van der Waals surface area contributed by atoms with Crippen LogP contribution in [0.4, 0.5) is 21.9 Å². The van der Waals surface area contributed by atoms with Crippen LogP contribution in [0.2, 0.25) is 0 Å². The summed E-state index contributed by atoms with van der Waals surface area (Å²) in [5.74, 6) is -0.343. The topological polar surface area (TPSA) is 139 Å². The molecule has 190 valence electrons. The Bertz CT molecular complexity index is 1530. The molecule has 4 rings (SSSR count). The number of pyridine rings is 1. The number of carbonyl (C=O) groups excluding carboxylic acids is 2. The number of nitriles is 1. The molecule has 9 nitrogen and oxygen atoms in total. The van der Waals surface area contributed by atoms with Crippen LogP contribution in [0.3, 0.4) is 0 Å². The van der Waals surface area contributed by atoms with Gasteiger partial charge in [0.2, 0.25) is 0 Å². The second-order valence-corrected chi connectivity index (χ2v) is 8.17. The minimum absolute atomic E-state index is 0.178. The summed E-state index contributed by atoms with van der Waals surface area (Å²) < 4.78 is 4.73. The number of rotatable bonds is 7. The average Bonchev–Trinajstić information content (AvgIpc) is 2.94. The van der Waals surface area contributed by atoms with E-state index < -0.39 is 6.16 Å². The summed E-state index contributed by atoms with van der Waals surface area (Å²) >= 11 is 0. The van der Waals surface area contributed by atoms with Crippen molar-refractivity contribution >= 4 is 29.1 Å². The molecule has 0 radical (unpaired) electrons. The van der Waals surface area contributed by atoms with Gasteiger partial charge in [-0.25, -0.2) is 10.3 Å². The van der Waals surface area contributed by atoms with Gasteiger partial charge in [-0.2, -0.15) is 5.26 Å². The molecular formula is C29H25N5O4. The van der Waals surface area contributed by atoms with Crippen molar-refractivity contribution in [2.45, 2.75) is 13.8 Å². The summed E-state index contributed by atoms with van der Waals surface area (Å²) in [6.07, 6.45) is 0.721. The van der Waals surface area contributed by atoms with E-state index in [1.54, 1.807) is 62.5 Å². The van der Waals surface area contributed by atoms with Gasteiger partial charge in [-0.3, -0.25) is 9.78 Å². The third kappa shape index (κ3) is 5.55. The zero-order valence-electron chi connectivity index (χ0n) is 20.8. The normalized spacial score (nSPS) is 10.2. The monoisotopic (exact) mass is 507 g/mol. The van der Waals surface area contributed by atoms with Gasteiger partial charge < -0.3 is 20.6 Å². The van der Waals surface area contributed by atoms with Crippen LogP contribution in [0.25, 0.3) is 22.4 Å². The second-order valence-electron chi connectivity index (χ2n) is 8.17.